The van der Waals surface area contributed by atoms with Crippen molar-refractivity contribution in [3.63, 3.8) is 0 Å². The lowest BCUT2D eigenvalue weighted by Gasteiger charge is -1.99. The van der Waals surface area contributed by atoms with Crippen molar-refractivity contribution in [1.82, 2.24) is 10.2 Å². The van der Waals surface area contributed by atoms with E-state index in [0.717, 1.165) is 28.1 Å². The first-order chi connectivity index (χ1) is 9.72. The molecule has 0 bridgehead atoms. The number of aliphatic carboxylic acids is 1. The van der Waals surface area contributed by atoms with Crippen LogP contribution in [0.3, 0.4) is 0 Å². The van der Waals surface area contributed by atoms with Gasteiger partial charge in [-0.25, -0.2) is 0 Å². The van der Waals surface area contributed by atoms with Crippen molar-refractivity contribution in [2.24, 2.45) is 0 Å². The number of thioether (sulfide) groups is 1. The molecule has 2 aromatic carbocycles. The Morgan fingerprint density at radius 3 is 2.75 bits per heavy atom. The summed E-state index contributed by atoms with van der Waals surface area (Å²) >= 11 is 0.945. The van der Waals surface area contributed by atoms with Crippen molar-refractivity contribution in [2.75, 3.05) is 5.75 Å². The van der Waals surface area contributed by atoms with Crippen molar-refractivity contribution >= 4 is 28.5 Å². The normalized spacial score (nSPS) is 10.8. The minimum absolute atomic E-state index is 0.209. The smallest absolute Gasteiger partial charge is 0.277 e. The third-order valence-corrected chi connectivity index (χ3v) is 3.51. The van der Waals surface area contributed by atoms with Crippen LogP contribution < -0.4 is 5.11 Å². The summed E-state index contributed by atoms with van der Waals surface area (Å²) in [6.07, 6.45) is 0. The molecule has 1 heterocycles. The van der Waals surface area contributed by atoms with Crippen LogP contribution in [0.1, 0.15) is 0 Å². The number of rotatable bonds is 4. The van der Waals surface area contributed by atoms with Crippen LogP contribution in [0.4, 0.5) is 0 Å². The van der Waals surface area contributed by atoms with Gasteiger partial charge in [-0.05, 0) is 22.9 Å². The summed E-state index contributed by atoms with van der Waals surface area (Å²) in [5, 5.41) is 20.5. The summed E-state index contributed by atoms with van der Waals surface area (Å²) in [5.74, 6) is -1.00. The van der Waals surface area contributed by atoms with Crippen molar-refractivity contribution in [3.05, 3.63) is 42.5 Å². The Bertz CT molecular complexity index is 770. The number of nitrogens with zero attached hydrogens (tertiary/aromatic N) is 2. The Morgan fingerprint density at radius 1 is 1.15 bits per heavy atom. The highest BCUT2D eigenvalue weighted by Gasteiger charge is 2.09. The first-order valence-electron chi connectivity index (χ1n) is 5.88. The molecule has 0 saturated heterocycles. The van der Waals surface area contributed by atoms with Gasteiger partial charge < -0.3 is 14.3 Å². The Labute approximate surface area is 118 Å². The fraction of sp³-hybridized carbons (Fsp3) is 0.0714. The molecule has 1 aromatic heterocycles. The van der Waals surface area contributed by atoms with E-state index in [2.05, 4.69) is 10.2 Å². The predicted octanol–water partition coefficient (Wildman–Crippen LogP) is 1.73. The second kappa shape index (κ2) is 5.34. The second-order valence-corrected chi connectivity index (χ2v) is 5.02. The number of carbonyl (C=O) groups excluding carboxylic acids is 1. The topological polar surface area (TPSA) is 79.0 Å². The van der Waals surface area contributed by atoms with Gasteiger partial charge in [0.1, 0.15) is 0 Å². The first kappa shape index (κ1) is 12.7. The first-order valence-corrected chi connectivity index (χ1v) is 6.86. The summed E-state index contributed by atoms with van der Waals surface area (Å²) in [7, 11) is 0. The standard InChI is InChI=1S/C14H10N2O3S/c17-12(18)8-20-14-16-15-13(19-14)11-6-5-9-3-1-2-4-10(9)7-11/h1-7H,8H2,(H,17,18)/p-1. The van der Waals surface area contributed by atoms with E-state index >= 15 is 0 Å². The Balaban J connectivity index is 1.89. The summed E-state index contributed by atoms with van der Waals surface area (Å²) in [4.78, 5) is 10.4. The summed E-state index contributed by atoms with van der Waals surface area (Å²) in [6.45, 7) is 0. The van der Waals surface area contributed by atoms with Crippen molar-refractivity contribution in [2.45, 2.75) is 5.22 Å². The average Bonchev–Trinajstić information content (AvgIpc) is 2.93. The highest BCUT2D eigenvalue weighted by Crippen LogP contribution is 2.26. The van der Waals surface area contributed by atoms with E-state index in [9.17, 15) is 9.90 Å². The molecule has 0 atom stereocenters. The lowest BCUT2D eigenvalue weighted by atomic mass is 10.1. The van der Waals surface area contributed by atoms with Crippen LogP contribution in [0.25, 0.3) is 22.2 Å². The van der Waals surface area contributed by atoms with Gasteiger partial charge in [0.2, 0.25) is 5.89 Å². The number of aromatic nitrogens is 2. The van der Waals surface area contributed by atoms with E-state index in [1.807, 2.05) is 42.5 Å². The molecule has 3 rings (SSSR count). The molecular formula is C14H9N2O3S-. The number of carboxylic acids is 1. The number of hydrogen-bond donors (Lipinski definition) is 0. The molecule has 0 amide bonds. The van der Waals surface area contributed by atoms with Crippen LogP contribution in [0.2, 0.25) is 0 Å². The van der Waals surface area contributed by atoms with Gasteiger partial charge in [-0.15, -0.1) is 10.2 Å². The maximum Gasteiger partial charge on any atom is 0.277 e. The zero-order chi connectivity index (χ0) is 13.9. The average molecular weight is 285 g/mol. The molecule has 100 valence electrons. The molecule has 0 N–H and O–H groups in total. The van der Waals surface area contributed by atoms with Gasteiger partial charge in [-0.1, -0.05) is 42.1 Å². The molecule has 0 radical (unpaired) electrons. The molecule has 3 aromatic rings. The van der Waals surface area contributed by atoms with Gasteiger partial charge in [0.25, 0.3) is 5.22 Å². The van der Waals surface area contributed by atoms with Crippen molar-refractivity contribution in [3.8, 4) is 11.5 Å². The van der Waals surface area contributed by atoms with E-state index in [1.54, 1.807) is 0 Å². The van der Waals surface area contributed by atoms with Gasteiger partial charge in [-0.3, -0.25) is 0 Å². The molecule has 0 aliphatic carbocycles. The van der Waals surface area contributed by atoms with E-state index in [0.29, 0.717) is 5.89 Å². The van der Waals surface area contributed by atoms with E-state index in [1.165, 1.54) is 0 Å². The maximum atomic E-state index is 10.4. The maximum absolute atomic E-state index is 10.4. The lowest BCUT2D eigenvalue weighted by molar-refractivity contribution is -0.301. The molecule has 6 heteroatoms. The molecule has 0 fully saturated rings. The zero-order valence-corrected chi connectivity index (χ0v) is 11.1. The zero-order valence-electron chi connectivity index (χ0n) is 10.3. The van der Waals surface area contributed by atoms with Crippen molar-refractivity contribution in [1.29, 1.82) is 0 Å². The second-order valence-electron chi connectivity index (χ2n) is 4.10. The van der Waals surface area contributed by atoms with Gasteiger partial charge in [-0.2, -0.15) is 0 Å². The van der Waals surface area contributed by atoms with Gasteiger partial charge >= 0.3 is 0 Å². The molecule has 0 spiro atoms. The van der Waals surface area contributed by atoms with E-state index < -0.39 is 5.97 Å². The fourth-order valence-corrected chi connectivity index (χ4v) is 2.31. The summed E-state index contributed by atoms with van der Waals surface area (Å²) in [5.41, 5.74) is 0.802. The summed E-state index contributed by atoms with van der Waals surface area (Å²) < 4.78 is 5.42. The Hall–Kier alpha value is -2.34. The van der Waals surface area contributed by atoms with Crippen molar-refractivity contribution < 1.29 is 14.3 Å². The van der Waals surface area contributed by atoms with Crippen LogP contribution in [-0.2, 0) is 4.79 Å². The SMILES string of the molecule is O=C([O-])CSc1nnc(-c2ccc3ccccc3c2)o1. The molecule has 0 saturated carbocycles. The van der Waals surface area contributed by atoms with E-state index in [4.69, 9.17) is 4.42 Å². The van der Waals surface area contributed by atoms with Gasteiger partial charge in [0.15, 0.2) is 0 Å². The number of fused-ring (bicyclic) bond motifs is 1. The number of carbonyl (C=O) groups is 1. The Kier molecular flexibility index (Phi) is 3.39. The number of hydrogen-bond acceptors (Lipinski definition) is 6. The van der Waals surface area contributed by atoms with Crippen LogP contribution in [-0.4, -0.2) is 21.9 Å². The third kappa shape index (κ3) is 2.65. The molecule has 0 aliphatic heterocycles. The predicted molar refractivity (Wildman–Crippen MR) is 73.0 cm³/mol. The molecular weight excluding hydrogens is 276 g/mol. The minimum atomic E-state index is -1.17. The lowest BCUT2D eigenvalue weighted by Crippen LogP contribution is -2.24. The fourth-order valence-electron chi connectivity index (χ4n) is 1.83. The number of carboxylic acid groups (broad SMARTS) is 1. The van der Waals surface area contributed by atoms with Gasteiger partial charge in [0.05, 0.1) is 5.97 Å². The van der Waals surface area contributed by atoms with Crippen LogP contribution in [0.15, 0.2) is 52.1 Å². The van der Waals surface area contributed by atoms with Crippen LogP contribution >= 0.6 is 11.8 Å². The van der Waals surface area contributed by atoms with E-state index in [-0.39, 0.29) is 11.0 Å². The van der Waals surface area contributed by atoms with Crippen LogP contribution in [0, 0.1) is 0 Å². The van der Waals surface area contributed by atoms with Gasteiger partial charge in [0, 0.05) is 11.3 Å². The van der Waals surface area contributed by atoms with Crippen LogP contribution in [0.5, 0.6) is 0 Å². The highest BCUT2D eigenvalue weighted by molar-refractivity contribution is 7.99. The number of benzene rings is 2. The summed E-state index contributed by atoms with van der Waals surface area (Å²) in [6, 6.07) is 13.8. The quantitative estimate of drug-likeness (QED) is 0.679. The monoisotopic (exact) mass is 285 g/mol. The highest BCUT2D eigenvalue weighted by atomic mass is 32.2. The minimum Gasteiger partial charge on any atom is -0.549 e. The molecule has 20 heavy (non-hydrogen) atoms. The third-order valence-electron chi connectivity index (χ3n) is 2.72. The largest absolute Gasteiger partial charge is 0.549 e. The molecule has 0 unspecified atom stereocenters. The molecule has 0 aliphatic rings. The Morgan fingerprint density at radius 2 is 1.95 bits per heavy atom. The molecule has 5 nitrogen and oxygen atoms in total.